The maximum Gasteiger partial charge on any atom is 0.294 e. The van der Waals surface area contributed by atoms with Crippen LogP contribution in [0.3, 0.4) is 0 Å². The zero-order valence-corrected chi connectivity index (χ0v) is 14.4. The molecule has 0 amide bonds. The molecule has 0 bridgehead atoms. The SMILES string of the molecule is [CH2]CCCCCCCCC[CH]c1cc(C)ccc1S(=O)(=O)O. The summed E-state index contributed by atoms with van der Waals surface area (Å²) in [6, 6.07) is 4.98. The van der Waals surface area contributed by atoms with Crippen LogP contribution in [0.15, 0.2) is 23.1 Å². The van der Waals surface area contributed by atoms with E-state index < -0.39 is 10.1 Å². The van der Waals surface area contributed by atoms with E-state index in [9.17, 15) is 13.0 Å². The third kappa shape index (κ3) is 7.41. The largest absolute Gasteiger partial charge is 0.294 e. The standard InChI is InChI=1S/C18H28O3S/c1-3-4-5-6-7-8-9-10-11-12-17-15-16(2)13-14-18(17)22(19,20)21/h12-15H,1,3-11H2,2H3,(H,19,20,21). The number of rotatable bonds is 11. The maximum absolute atomic E-state index is 11.4. The Morgan fingerprint density at radius 1 is 1.05 bits per heavy atom. The van der Waals surface area contributed by atoms with Gasteiger partial charge < -0.3 is 0 Å². The van der Waals surface area contributed by atoms with Gasteiger partial charge in [-0.25, -0.2) is 0 Å². The molecule has 0 heterocycles. The highest BCUT2D eigenvalue weighted by molar-refractivity contribution is 7.85. The topological polar surface area (TPSA) is 54.4 Å². The molecule has 0 aliphatic heterocycles. The molecule has 1 rings (SSSR count). The van der Waals surface area contributed by atoms with Gasteiger partial charge in [0.1, 0.15) is 0 Å². The third-order valence-electron chi connectivity index (χ3n) is 3.76. The highest BCUT2D eigenvalue weighted by Crippen LogP contribution is 2.21. The molecule has 3 nitrogen and oxygen atoms in total. The Labute approximate surface area is 135 Å². The second kappa shape index (κ2) is 10.0. The maximum atomic E-state index is 11.4. The Morgan fingerprint density at radius 2 is 1.64 bits per heavy atom. The second-order valence-corrected chi connectivity index (χ2v) is 7.23. The van der Waals surface area contributed by atoms with Crippen molar-refractivity contribution in [2.24, 2.45) is 0 Å². The molecule has 0 aliphatic rings. The molecule has 1 N–H and O–H groups in total. The summed E-state index contributed by atoms with van der Waals surface area (Å²) in [7, 11) is -4.15. The van der Waals surface area contributed by atoms with Gasteiger partial charge in [-0.15, -0.1) is 0 Å². The van der Waals surface area contributed by atoms with Gasteiger partial charge in [0.25, 0.3) is 10.1 Å². The van der Waals surface area contributed by atoms with Crippen molar-refractivity contribution in [1.29, 1.82) is 0 Å². The van der Waals surface area contributed by atoms with Crippen molar-refractivity contribution < 1.29 is 13.0 Å². The smallest absolute Gasteiger partial charge is 0.282 e. The lowest BCUT2D eigenvalue weighted by Crippen LogP contribution is -2.03. The van der Waals surface area contributed by atoms with Crippen molar-refractivity contribution in [2.75, 3.05) is 0 Å². The highest BCUT2D eigenvalue weighted by atomic mass is 32.2. The fraction of sp³-hybridized carbons (Fsp3) is 0.556. The summed E-state index contributed by atoms with van der Waals surface area (Å²) in [4.78, 5) is 0.00581. The third-order valence-corrected chi connectivity index (χ3v) is 4.69. The van der Waals surface area contributed by atoms with Crippen molar-refractivity contribution in [3.8, 4) is 0 Å². The minimum absolute atomic E-state index is 0.00581. The number of unbranched alkanes of at least 4 members (excludes halogenated alkanes) is 8. The van der Waals surface area contributed by atoms with E-state index in [0.29, 0.717) is 5.56 Å². The molecule has 0 saturated heterocycles. The molecule has 0 fully saturated rings. The molecule has 0 unspecified atom stereocenters. The van der Waals surface area contributed by atoms with Gasteiger partial charge in [-0.3, -0.25) is 4.55 Å². The van der Waals surface area contributed by atoms with Gasteiger partial charge in [0.05, 0.1) is 4.90 Å². The summed E-state index contributed by atoms with van der Waals surface area (Å²) < 4.78 is 32.0. The molecular formula is C18H28O3S. The Kier molecular flexibility index (Phi) is 8.72. The van der Waals surface area contributed by atoms with Crippen LogP contribution in [0, 0.1) is 20.3 Å². The summed E-state index contributed by atoms with van der Waals surface area (Å²) in [5.41, 5.74) is 1.60. The average Bonchev–Trinajstić information content (AvgIpc) is 2.44. The zero-order chi connectivity index (χ0) is 16.4. The predicted octanol–water partition coefficient (Wildman–Crippen LogP) is 5.14. The highest BCUT2D eigenvalue weighted by Gasteiger charge is 2.14. The number of aryl methyl sites for hydroxylation is 1. The summed E-state index contributed by atoms with van der Waals surface area (Å²) in [5.74, 6) is 0. The van der Waals surface area contributed by atoms with Gasteiger partial charge in [-0.2, -0.15) is 8.42 Å². The minimum Gasteiger partial charge on any atom is -0.282 e. The first-order valence-corrected chi connectivity index (χ1v) is 9.60. The van der Waals surface area contributed by atoms with E-state index in [0.717, 1.165) is 31.2 Å². The lowest BCUT2D eigenvalue weighted by Gasteiger charge is -2.08. The van der Waals surface area contributed by atoms with Crippen LogP contribution in [0.1, 0.15) is 68.9 Å². The van der Waals surface area contributed by atoms with Gasteiger partial charge in [-0.05, 0) is 31.4 Å². The summed E-state index contributed by atoms with van der Waals surface area (Å²) >= 11 is 0. The summed E-state index contributed by atoms with van der Waals surface area (Å²) in [6.07, 6.45) is 12.3. The Hall–Kier alpha value is -0.870. The Bertz CT molecular complexity index is 535. The molecule has 1 aromatic rings. The van der Waals surface area contributed by atoms with Crippen LogP contribution in [0.2, 0.25) is 0 Å². The Balaban J connectivity index is 2.32. The molecule has 0 saturated carbocycles. The average molecular weight is 324 g/mol. The van der Waals surface area contributed by atoms with Crippen LogP contribution >= 0.6 is 0 Å². The second-order valence-electron chi connectivity index (χ2n) is 5.84. The van der Waals surface area contributed by atoms with Crippen molar-refractivity contribution in [3.05, 3.63) is 42.7 Å². The lowest BCUT2D eigenvalue weighted by atomic mass is 10.0. The number of hydrogen-bond donors (Lipinski definition) is 1. The van der Waals surface area contributed by atoms with Crippen LogP contribution in [-0.4, -0.2) is 13.0 Å². The van der Waals surface area contributed by atoms with E-state index in [2.05, 4.69) is 6.92 Å². The monoisotopic (exact) mass is 324 g/mol. The normalized spacial score (nSPS) is 11.8. The van der Waals surface area contributed by atoms with Crippen LogP contribution in [0.5, 0.6) is 0 Å². The van der Waals surface area contributed by atoms with Crippen LogP contribution in [-0.2, 0) is 10.1 Å². The first kappa shape index (κ1) is 19.2. The van der Waals surface area contributed by atoms with Crippen molar-refractivity contribution in [2.45, 2.75) is 69.6 Å². The van der Waals surface area contributed by atoms with E-state index in [4.69, 9.17) is 0 Å². The molecule has 0 atom stereocenters. The van der Waals surface area contributed by atoms with E-state index in [1.807, 2.05) is 19.4 Å². The number of hydrogen-bond acceptors (Lipinski definition) is 2. The van der Waals surface area contributed by atoms with Gasteiger partial charge >= 0.3 is 0 Å². The van der Waals surface area contributed by atoms with Crippen LogP contribution in [0.4, 0.5) is 0 Å². The fourth-order valence-electron chi connectivity index (χ4n) is 2.52. The molecule has 124 valence electrons. The van der Waals surface area contributed by atoms with E-state index >= 15 is 0 Å². The van der Waals surface area contributed by atoms with Gasteiger partial charge in [-0.1, -0.05) is 76.0 Å². The first-order valence-electron chi connectivity index (χ1n) is 8.15. The zero-order valence-electron chi connectivity index (χ0n) is 13.6. The molecule has 1 aromatic carbocycles. The molecule has 2 radical (unpaired) electrons. The van der Waals surface area contributed by atoms with E-state index in [-0.39, 0.29) is 4.90 Å². The van der Waals surface area contributed by atoms with Crippen LogP contribution in [0.25, 0.3) is 0 Å². The van der Waals surface area contributed by atoms with Gasteiger partial charge in [0, 0.05) is 0 Å². The van der Waals surface area contributed by atoms with E-state index in [1.54, 1.807) is 6.07 Å². The van der Waals surface area contributed by atoms with Crippen molar-refractivity contribution in [3.63, 3.8) is 0 Å². The minimum atomic E-state index is -4.15. The quantitative estimate of drug-likeness (QED) is 0.453. The fourth-order valence-corrected chi connectivity index (χ4v) is 3.21. The molecular weight excluding hydrogens is 296 g/mol. The predicted molar refractivity (Wildman–Crippen MR) is 91.3 cm³/mol. The van der Waals surface area contributed by atoms with Crippen molar-refractivity contribution >= 4 is 10.1 Å². The summed E-state index contributed by atoms with van der Waals surface area (Å²) in [6.45, 7) is 5.75. The molecule has 0 aromatic heterocycles. The molecule has 0 aliphatic carbocycles. The summed E-state index contributed by atoms with van der Waals surface area (Å²) in [5, 5.41) is 0. The van der Waals surface area contributed by atoms with Crippen LogP contribution < -0.4 is 0 Å². The first-order chi connectivity index (χ1) is 10.4. The Morgan fingerprint density at radius 3 is 2.23 bits per heavy atom. The van der Waals surface area contributed by atoms with Crippen molar-refractivity contribution in [1.82, 2.24) is 0 Å². The van der Waals surface area contributed by atoms with Gasteiger partial charge in [0.15, 0.2) is 0 Å². The number of benzene rings is 1. The molecule has 4 heteroatoms. The molecule has 0 spiro atoms. The van der Waals surface area contributed by atoms with E-state index in [1.165, 1.54) is 38.2 Å². The lowest BCUT2D eigenvalue weighted by molar-refractivity contribution is 0.482. The van der Waals surface area contributed by atoms with Gasteiger partial charge in [0.2, 0.25) is 0 Å². The molecule has 22 heavy (non-hydrogen) atoms.